The Kier molecular flexibility index (Phi) is 6.14. The maximum absolute atomic E-state index is 13.3. The Bertz CT molecular complexity index is 1130. The first kappa shape index (κ1) is 21.3. The van der Waals surface area contributed by atoms with Crippen LogP contribution in [0.25, 0.3) is 0 Å². The van der Waals surface area contributed by atoms with Gasteiger partial charge in [0.05, 0.1) is 42.6 Å². The lowest BCUT2D eigenvalue weighted by Crippen LogP contribution is -2.44. The smallest absolute Gasteiger partial charge is 0.259 e. The molecule has 0 fully saturated rings. The minimum Gasteiger partial charge on any atom is -0.475 e. The summed E-state index contributed by atoms with van der Waals surface area (Å²) in [7, 11) is 0. The third-order valence-electron chi connectivity index (χ3n) is 5.95. The molecule has 3 aromatic rings. The van der Waals surface area contributed by atoms with Crippen LogP contribution in [0.3, 0.4) is 0 Å². The highest BCUT2D eigenvalue weighted by Gasteiger charge is 2.28. The van der Waals surface area contributed by atoms with Crippen LogP contribution >= 0.6 is 0 Å². The second-order valence-electron chi connectivity index (χ2n) is 8.34. The maximum Gasteiger partial charge on any atom is 0.259 e. The van der Waals surface area contributed by atoms with Crippen LogP contribution in [-0.2, 0) is 13.0 Å². The van der Waals surface area contributed by atoms with E-state index in [1.807, 2.05) is 0 Å². The molecule has 1 aromatic carbocycles. The fourth-order valence-corrected chi connectivity index (χ4v) is 4.34. The van der Waals surface area contributed by atoms with Crippen LogP contribution in [0.5, 0.6) is 5.88 Å². The summed E-state index contributed by atoms with van der Waals surface area (Å²) < 4.78 is 5.71. The molecule has 170 valence electrons. The number of aromatic nitrogens is 3. The maximum atomic E-state index is 13.3. The van der Waals surface area contributed by atoms with Crippen molar-refractivity contribution in [2.75, 3.05) is 38.1 Å². The average molecular weight is 447 g/mol. The summed E-state index contributed by atoms with van der Waals surface area (Å²) in [5.41, 5.74) is 4.44. The average Bonchev–Trinajstić information content (AvgIpc) is 2.98. The minimum absolute atomic E-state index is 0.199. The number of hydrogen-bond acceptors (Lipinski definition) is 8. The summed E-state index contributed by atoms with van der Waals surface area (Å²) in [6.07, 6.45) is 5.10. The lowest BCUT2D eigenvalue weighted by molar-refractivity contribution is 0.0501. The molecule has 0 saturated carbocycles. The molecular weight excluding hydrogens is 420 g/mol. The molecule has 2 aromatic heterocycles. The van der Waals surface area contributed by atoms with Crippen LogP contribution in [0.4, 0.5) is 11.4 Å². The van der Waals surface area contributed by atoms with E-state index in [0.717, 1.165) is 25.2 Å². The van der Waals surface area contributed by atoms with Gasteiger partial charge in [-0.15, -0.1) is 0 Å². The fraction of sp³-hybridized carbons (Fsp3) is 0.333. The van der Waals surface area contributed by atoms with Crippen LogP contribution in [0.1, 0.15) is 21.5 Å². The van der Waals surface area contributed by atoms with Gasteiger partial charge >= 0.3 is 0 Å². The molecule has 0 radical (unpaired) electrons. The Morgan fingerprint density at radius 2 is 1.94 bits per heavy atom. The molecule has 0 spiro atoms. The van der Waals surface area contributed by atoms with Gasteiger partial charge in [0, 0.05) is 26.2 Å². The van der Waals surface area contributed by atoms with Crippen molar-refractivity contribution in [2.45, 2.75) is 19.1 Å². The molecule has 2 N–H and O–H groups in total. The topological polar surface area (TPSA) is 104 Å². The highest BCUT2D eigenvalue weighted by molar-refractivity contribution is 5.97. The number of nitrogens with zero attached hydrogens (tertiary/aromatic N) is 5. The Morgan fingerprint density at radius 1 is 1.06 bits per heavy atom. The second kappa shape index (κ2) is 9.51. The van der Waals surface area contributed by atoms with Gasteiger partial charge in [-0.25, -0.2) is 4.98 Å². The number of aliphatic hydroxyl groups excluding tert-OH is 1. The summed E-state index contributed by atoms with van der Waals surface area (Å²) >= 11 is 0. The van der Waals surface area contributed by atoms with Crippen LogP contribution in [0.2, 0.25) is 0 Å². The zero-order valence-corrected chi connectivity index (χ0v) is 18.2. The molecule has 1 amide bonds. The molecular formula is C24H26N6O3. The molecule has 0 saturated heterocycles. The van der Waals surface area contributed by atoms with E-state index in [9.17, 15) is 9.90 Å². The third kappa shape index (κ3) is 4.94. The van der Waals surface area contributed by atoms with E-state index in [4.69, 9.17) is 4.74 Å². The minimum atomic E-state index is -0.655. The number of carbonyl (C=O) groups is 1. The normalized spacial score (nSPS) is 16.9. The monoisotopic (exact) mass is 446 g/mol. The van der Waals surface area contributed by atoms with Crippen LogP contribution in [0.15, 0.2) is 55.0 Å². The third-order valence-corrected chi connectivity index (χ3v) is 5.95. The number of anilines is 2. The lowest BCUT2D eigenvalue weighted by atomic mass is 10.00. The van der Waals surface area contributed by atoms with Crippen molar-refractivity contribution < 1.29 is 14.6 Å². The molecule has 1 atom stereocenters. The number of benzene rings is 1. The Morgan fingerprint density at radius 3 is 2.79 bits per heavy atom. The molecule has 9 nitrogen and oxygen atoms in total. The van der Waals surface area contributed by atoms with E-state index in [0.29, 0.717) is 36.8 Å². The van der Waals surface area contributed by atoms with Gasteiger partial charge in [0.2, 0.25) is 5.88 Å². The zero-order valence-electron chi connectivity index (χ0n) is 18.2. The molecule has 5 rings (SSSR count). The Hall–Kier alpha value is -3.56. The number of hydrogen-bond donors (Lipinski definition) is 2. The number of fused-ring (bicyclic) bond motifs is 2. The van der Waals surface area contributed by atoms with E-state index >= 15 is 0 Å². The van der Waals surface area contributed by atoms with E-state index in [1.54, 1.807) is 35.6 Å². The van der Waals surface area contributed by atoms with Gasteiger partial charge in [0.25, 0.3) is 5.91 Å². The molecule has 0 bridgehead atoms. The standard InChI is InChI=1S/C24H26N6O3/c31-21(15-29-8-6-17-3-1-2-4-18(17)14-29)16-30-9-10-33-23-22(24(30)32)11-20(12-25-23)28-19-5-7-26-27-13-19/h1-5,7,11-13,21,31H,6,8-10,14-16H2,(H,26,28). The first-order valence-electron chi connectivity index (χ1n) is 11.1. The number of amides is 1. The molecule has 33 heavy (non-hydrogen) atoms. The van der Waals surface area contributed by atoms with Crippen LogP contribution < -0.4 is 10.1 Å². The molecule has 1 unspecified atom stereocenters. The number of rotatable bonds is 6. The number of pyridine rings is 1. The molecule has 0 aliphatic carbocycles. The van der Waals surface area contributed by atoms with Gasteiger partial charge in [-0.3, -0.25) is 9.69 Å². The van der Waals surface area contributed by atoms with Crippen LogP contribution in [0, 0.1) is 0 Å². The van der Waals surface area contributed by atoms with Gasteiger partial charge in [-0.1, -0.05) is 24.3 Å². The quantitative estimate of drug-likeness (QED) is 0.592. The highest BCUT2D eigenvalue weighted by Crippen LogP contribution is 2.26. The van der Waals surface area contributed by atoms with Gasteiger partial charge in [0.1, 0.15) is 12.2 Å². The predicted molar refractivity (Wildman–Crippen MR) is 122 cm³/mol. The first-order valence-corrected chi connectivity index (χ1v) is 11.1. The lowest BCUT2D eigenvalue weighted by Gasteiger charge is -2.32. The molecule has 9 heteroatoms. The van der Waals surface area contributed by atoms with Crippen molar-refractivity contribution in [3.63, 3.8) is 0 Å². The summed E-state index contributed by atoms with van der Waals surface area (Å²) in [4.78, 5) is 21.5. The van der Waals surface area contributed by atoms with Gasteiger partial charge in [-0.05, 0) is 29.7 Å². The summed E-state index contributed by atoms with van der Waals surface area (Å²) in [5, 5.41) is 21.6. The number of ether oxygens (including phenoxy) is 1. The number of β-amino-alcohol motifs (C(OH)–C–C–N with tert-alkyl or cyclic N) is 1. The van der Waals surface area contributed by atoms with Crippen molar-refractivity contribution in [3.05, 3.63) is 71.7 Å². The van der Waals surface area contributed by atoms with E-state index in [-0.39, 0.29) is 12.5 Å². The SMILES string of the molecule is O=C1c2cc(Nc3ccnnc3)cnc2OCCN1CC(O)CN1CCc2ccccc2C1. The summed E-state index contributed by atoms with van der Waals surface area (Å²) in [6, 6.07) is 11.9. The highest BCUT2D eigenvalue weighted by atomic mass is 16.5. The fourth-order valence-electron chi connectivity index (χ4n) is 4.34. The van der Waals surface area contributed by atoms with E-state index in [1.165, 1.54) is 11.1 Å². The predicted octanol–water partition coefficient (Wildman–Crippen LogP) is 1.87. The zero-order chi connectivity index (χ0) is 22.6. The van der Waals surface area contributed by atoms with E-state index in [2.05, 4.69) is 49.7 Å². The Balaban J connectivity index is 1.24. The first-order chi connectivity index (χ1) is 16.2. The number of aliphatic hydroxyl groups is 1. The Labute approximate surface area is 192 Å². The van der Waals surface area contributed by atoms with Gasteiger partial charge < -0.3 is 20.1 Å². The second-order valence-corrected chi connectivity index (χ2v) is 8.34. The van der Waals surface area contributed by atoms with Crippen molar-refractivity contribution in [2.24, 2.45) is 0 Å². The molecule has 2 aliphatic rings. The number of nitrogens with one attached hydrogen (secondary N) is 1. The van der Waals surface area contributed by atoms with Crippen molar-refractivity contribution >= 4 is 17.3 Å². The van der Waals surface area contributed by atoms with Gasteiger partial charge in [0.15, 0.2) is 0 Å². The summed E-state index contributed by atoms with van der Waals surface area (Å²) in [5.74, 6) is 0.109. The number of carbonyl (C=O) groups excluding carboxylic acids is 1. The molecule has 2 aliphatic heterocycles. The van der Waals surface area contributed by atoms with Gasteiger partial charge in [-0.2, -0.15) is 10.2 Å². The summed E-state index contributed by atoms with van der Waals surface area (Å²) in [6.45, 7) is 3.20. The van der Waals surface area contributed by atoms with Crippen molar-refractivity contribution in [1.82, 2.24) is 25.0 Å². The molecule has 4 heterocycles. The van der Waals surface area contributed by atoms with Crippen molar-refractivity contribution in [3.8, 4) is 5.88 Å². The van der Waals surface area contributed by atoms with Crippen molar-refractivity contribution in [1.29, 1.82) is 0 Å². The largest absolute Gasteiger partial charge is 0.475 e. The van der Waals surface area contributed by atoms with Crippen LogP contribution in [-0.4, -0.2) is 74.9 Å². The van der Waals surface area contributed by atoms with E-state index < -0.39 is 6.10 Å².